The second-order valence-electron chi connectivity index (χ2n) is 3.94. The van der Waals surface area contributed by atoms with Crippen LogP contribution in [-0.2, 0) is 10.7 Å². The summed E-state index contributed by atoms with van der Waals surface area (Å²) in [5, 5.41) is 0. The van der Waals surface area contributed by atoms with Crippen LogP contribution in [0.15, 0.2) is 51.8 Å². The largest absolute Gasteiger partial charge is 0.436 e. The third-order valence-electron chi connectivity index (χ3n) is 2.65. The highest BCUT2D eigenvalue weighted by atomic mass is 32.2. The number of oxazole rings is 1. The van der Waals surface area contributed by atoms with Gasteiger partial charge in [-0.15, -0.1) is 0 Å². The maximum Gasteiger partial charge on any atom is 0.227 e. The average molecular weight is 277 g/mol. The highest BCUT2D eigenvalue weighted by Gasteiger charge is 2.09. The van der Waals surface area contributed by atoms with E-state index < -0.39 is 10.7 Å². The topological polar surface area (TPSA) is 60.2 Å². The number of hydrogen-bond donors (Lipinski definition) is 1. The summed E-state index contributed by atoms with van der Waals surface area (Å²) in [6.45, 7) is 0. The van der Waals surface area contributed by atoms with E-state index in [9.17, 15) is 12.8 Å². The molecule has 3 rings (SSSR count). The molecule has 0 N–H and O–H groups in total. The Balaban J connectivity index is 2.16. The number of thiol groups is 1. The lowest BCUT2D eigenvalue weighted by molar-refractivity contribution is 0.610. The van der Waals surface area contributed by atoms with Crippen LogP contribution in [0, 0.1) is 5.82 Å². The van der Waals surface area contributed by atoms with Crippen LogP contribution in [0.3, 0.4) is 0 Å². The Labute approximate surface area is 109 Å². The molecule has 0 fully saturated rings. The van der Waals surface area contributed by atoms with Crippen molar-refractivity contribution in [3.8, 4) is 11.5 Å². The normalized spacial score (nSPS) is 11.3. The number of rotatable bonds is 2. The molecule has 3 aromatic rings. The molecule has 0 aliphatic carbocycles. The van der Waals surface area contributed by atoms with Gasteiger partial charge in [0.25, 0.3) is 0 Å². The van der Waals surface area contributed by atoms with Crippen LogP contribution in [0.25, 0.3) is 22.6 Å². The fourth-order valence-corrected chi connectivity index (χ4v) is 2.20. The average Bonchev–Trinajstić information content (AvgIpc) is 2.81. The summed E-state index contributed by atoms with van der Waals surface area (Å²) in [5.41, 5.74) is 1.39. The summed E-state index contributed by atoms with van der Waals surface area (Å²) in [4.78, 5) is 4.33. The van der Waals surface area contributed by atoms with Crippen molar-refractivity contribution in [3.05, 3.63) is 48.3 Å². The Morgan fingerprint density at radius 3 is 2.68 bits per heavy atom. The molecule has 0 aliphatic rings. The monoisotopic (exact) mass is 277 g/mol. The molecule has 0 unspecified atom stereocenters. The lowest BCUT2D eigenvalue weighted by atomic mass is 10.2. The Kier molecular flexibility index (Phi) is 2.79. The van der Waals surface area contributed by atoms with Crippen molar-refractivity contribution in [1.29, 1.82) is 0 Å². The van der Waals surface area contributed by atoms with E-state index in [0.29, 0.717) is 16.7 Å². The summed E-state index contributed by atoms with van der Waals surface area (Å²) >= 11 is 0. The van der Waals surface area contributed by atoms with E-state index in [4.69, 9.17) is 4.42 Å². The smallest absolute Gasteiger partial charge is 0.227 e. The van der Waals surface area contributed by atoms with Crippen LogP contribution >= 0.6 is 0 Å². The molecule has 2 aromatic carbocycles. The van der Waals surface area contributed by atoms with Crippen LogP contribution in [-0.4, -0.2) is 13.4 Å². The molecular formula is C13H8FNO3S. The van der Waals surface area contributed by atoms with Crippen molar-refractivity contribution in [2.75, 3.05) is 0 Å². The van der Waals surface area contributed by atoms with Crippen molar-refractivity contribution in [1.82, 2.24) is 4.98 Å². The van der Waals surface area contributed by atoms with Crippen molar-refractivity contribution in [2.24, 2.45) is 0 Å². The first-order chi connectivity index (χ1) is 9.13. The summed E-state index contributed by atoms with van der Waals surface area (Å²) in [5.74, 6) is -0.129. The number of nitrogens with zero attached hydrogens (tertiary/aromatic N) is 1. The van der Waals surface area contributed by atoms with Crippen molar-refractivity contribution in [3.63, 3.8) is 0 Å². The van der Waals surface area contributed by atoms with Gasteiger partial charge < -0.3 is 4.42 Å². The summed E-state index contributed by atoms with van der Waals surface area (Å²) in [7, 11) is -2.66. The van der Waals surface area contributed by atoms with Gasteiger partial charge >= 0.3 is 0 Å². The second-order valence-corrected chi connectivity index (χ2v) is 4.97. The highest BCUT2D eigenvalue weighted by molar-refractivity contribution is 7.72. The zero-order chi connectivity index (χ0) is 13.4. The van der Waals surface area contributed by atoms with Gasteiger partial charge in [-0.1, -0.05) is 6.07 Å². The first-order valence-corrected chi connectivity index (χ1v) is 6.62. The molecule has 19 heavy (non-hydrogen) atoms. The maximum absolute atomic E-state index is 13.1. The lowest BCUT2D eigenvalue weighted by Crippen LogP contribution is -1.80. The second kappa shape index (κ2) is 4.47. The van der Waals surface area contributed by atoms with E-state index >= 15 is 0 Å². The summed E-state index contributed by atoms with van der Waals surface area (Å²) in [6, 6.07) is 10.3. The minimum absolute atomic E-state index is 0.168. The molecule has 0 saturated carbocycles. The Hall–Kier alpha value is -2.21. The van der Waals surface area contributed by atoms with E-state index in [1.54, 1.807) is 12.1 Å². The molecule has 4 nitrogen and oxygen atoms in total. The zero-order valence-electron chi connectivity index (χ0n) is 9.54. The predicted molar refractivity (Wildman–Crippen MR) is 68.0 cm³/mol. The van der Waals surface area contributed by atoms with Gasteiger partial charge in [0.05, 0.1) is 4.90 Å². The first-order valence-electron chi connectivity index (χ1n) is 5.44. The van der Waals surface area contributed by atoms with Gasteiger partial charge in [0.2, 0.25) is 5.89 Å². The minimum atomic E-state index is -2.66. The molecule has 0 amide bonds. The van der Waals surface area contributed by atoms with E-state index in [1.807, 2.05) is 0 Å². The van der Waals surface area contributed by atoms with Gasteiger partial charge in [0.15, 0.2) is 16.3 Å². The van der Waals surface area contributed by atoms with Crippen LogP contribution < -0.4 is 0 Å². The highest BCUT2D eigenvalue weighted by Crippen LogP contribution is 2.25. The van der Waals surface area contributed by atoms with Crippen LogP contribution in [0.4, 0.5) is 4.39 Å². The number of hydrogen-bond acceptors (Lipinski definition) is 4. The molecule has 0 atom stereocenters. The Morgan fingerprint density at radius 2 is 1.95 bits per heavy atom. The third-order valence-corrected chi connectivity index (χ3v) is 3.35. The van der Waals surface area contributed by atoms with Crippen molar-refractivity contribution in [2.45, 2.75) is 4.90 Å². The van der Waals surface area contributed by atoms with Gasteiger partial charge in [-0.05, 0) is 36.4 Å². The fraction of sp³-hybridized carbons (Fsp3) is 0. The molecule has 0 aliphatic heterocycles. The number of benzene rings is 2. The number of halogens is 1. The van der Waals surface area contributed by atoms with Crippen molar-refractivity contribution >= 4 is 21.8 Å². The van der Waals surface area contributed by atoms with Gasteiger partial charge in [-0.25, -0.2) is 17.8 Å². The van der Waals surface area contributed by atoms with E-state index in [0.717, 1.165) is 0 Å². The zero-order valence-corrected chi connectivity index (χ0v) is 10.4. The molecule has 96 valence electrons. The predicted octanol–water partition coefficient (Wildman–Crippen LogP) is 2.60. The SMILES string of the molecule is O=[SH](=O)c1ccc2oc(-c3cccc(F)c3)nc2c1. The van der Waals surface area contributed by atoms with Crippen LogP contribution in [0.5, 0.6) is 0 Å². The van der Waals surface area contributed by atoms with Crippen molar-refractivity contribution < 1.29 is 17.2 Å². The van der Waals surface area contributed by atoms with Gasteiger partial charge in [0.1, 0.15) is 11.3 Å². The number of fused-ring (bicyclic) bond motifs is 1. The molecule has 6 heteroatoms. The third kappa shape index (κ3) is 2.22. The van der Waals surface area contributed by atoms with Crippen LogP contribution in [0.1, 0.15) is 0 Å². The van der Waals surface area contributed by atoms with Crippen LogP contribution in [0.2, 0.25) is 0 Å². The van der Waals surface area contributed by atoms with Gasteiger partial charge in [0, 0.05) is 5.56 Å². The quantitative estimate of drug-likeness (QED) is 0.731. The molecule has 0 radical (unpaired) electrons. The lowest BCUT2D eigenvalue weighted by Gasteiger charge is -1.93. The number of aromatic nitrogens is 1. The molecule has 1 heterocycles. The van der Waals surface area contributed by atoms with Gasteiger partial charge in [-0.2, -0.15) is 0 Å². The first kappa shape index (κ1) is 11.9. The molecule has 0 saturated heterocycles. The molecule has 0 bridgehead atoms. The molecular weight excluding hydrogens is 269 g/mol. The Bertz CT molecular complexity index is 831. The summed E-state index contributed by atoms with van der Waals surface area (Å²) < 4.78 is 40.4. The Morgan fingerprint density at radius 1 is 1.11 bits per heavy atom. The molecule has 1 aromatic heterocycles. The minimum Gasteiger partial charge on any atom is -0.436 e. The molecule has 0 spiro atoms. The van der Waals surface area contributed by atoms with Gasteiger partial charge in [-0.3, -0.25) is 0 Å². The standard InChI is InChI=1S/C13H8FNO3S/c14-9-3-1-2-8(6-9)13-15-11-7-10(19(16)17)4-5-12(11)18-13/h1-7,19H. The van der Waals surface area contributed by atoms with E-state index in [2.05, 4.69) is 4.98 Å². The maximum atomic E-state index is 13.1. The van der Waals surface area contributed by atoms with E-state index in [-0.39, 0.29) is 16.6 Å². The fourth-order valence-electron chi connectivity index (χ4n) is 1.77. The summed E-state index contributed by atoms with van der Waals surface area (Å²) in [6.07, 6.45) is 0. The van der Waals surface area contributed by atoms with E-state index in [1.165, 1.54) is 30.3 Å².